The number of carbonyl (C=O) groups is 3. The van der Waals surface area contributed by atoms with E-state index in [4.69, 9.17) is 5.11 Å². The molecule has 2 amide bonds. The first-order chi connectivity index (χ1) is 11.8. The molecular weight excluding hydrogens is 325 g/mol. The minimum Gasteiger partial charge on any atom is -0.481 e. The van der Waals surface area contributed by atoms with Crippen LogP contribution < -0.4 is 5.32 Å². The lowest BCUT2D eigenvalue weighted by atomic mass is 9.72. The topological polar surface area (TPSA) is 83.5 Å². The summed E-state index contributed by atoms with van der Waals surface area (Å²) in [4.78, 5) is 34.1. The lowest BCUT2D eigenvalue weighted by molar-refractivity contribution is -0.146. The molecule has 1 aliphatic heterocycles. The number of hydrogen-bond acceptors (Lipinski definition) is 3. The summed E-state index contributed by atoms with van der Waals surface area (Å²) >= 11 is 0. The van der Waals surface area contributed by atoms with Crippen LogP contribution in [0, 0.1) is 24.6 Å². The van der Waals surface area contributed by atoms with E-state index >= 15 is 0 Å². The molecule has 1 saturated heterocycles. The van der Waals surface area contributed by atoms with Crippen molar-refractivity contribution in [2.24, 2.45) is 11.8 Å². The van der Waals surface area contributed by atoms with Crippen LogP contribution >= 0.6 is 0 Å². The number of aryl methyl sites for hydroxylation is 2. The van der Waals surface area contributed by atoms with E-state index in [9.17, 15) is 18.8 Å². The zero-order chi connectivity index (χ0) is 18.1. The second-order valence-corrected chi connectivity index (χ2v) is 7.22. The molecule has 3 rings (SSSR count). The Morgan fingerprint density at radius 2 is 2.04 bits per heavy atom. The Hall–Kier alpha value is -2.24. The van der Waals surface area contributed by atoms with Crippen molar-refractivity contribution in [1.82, 2.24) is 5.32 Å². The standard InChI is InChI=1S/C19H22FNO4/c1-10-6-11(2-3-12-7-13(8-12)19(24)25)9-15(20)17(10)14-4-5-16(22)21-18(14)23/h6,9,12-14H,2-5,7-8H2,1H3,(H,24,25)(H,21,22,23)/t12?,13?,14-/m1/s1. The van der Waals surface area contributed by atoms with Crippen molar-refractivity contribution in [1.29, 1.82) is 0 Å². The van der Waals surface area contributed by atoms with Gasteiger partial charge in [0.05, 0.1) is 11.8 Å². The van der Waals surface area contributed by atoms with E-state index in [1.807, 2.05) is 6.07 Å². The maximum Gasteiger partial charge on any atom is 0.306 e. The number of nitrogens with one attached hydrogen (secondary N) is 1. The molecule has 6 heteroatoms. The number of carboxylic acids is 1. The van der Waals surface area contributed by atoms with Gasteiger partial charge in [0, 0.05) is 12.0 Å². The van der Waals surface area contributed by atoms with Crippen LogP contribution in [0.4, 0.5) is 4.39 Å². The summed E-state index contributed by atoms with van der Waals surface area (Å²) < 4.78 is 14.6. The highest BCUT2D eigenvalue weighted by Gasteiger charge is 2.34. The van der Waals surface area contributed by atoms with Crippen LogP contribution in [0.5, 0.6) is 0 Å². The molecule has 1 aliphatic carbocycles. The van der Waals surface area contributed by atoms with Crippen molar-refractivity contribution in [3.63, 3.8) is 0 Å². The van der Waals surface area contributed by atoms with Gasteiger partial charge in [-0.25, -0.2) is 4.39 Å². The van der Waals surface area contributed by atoms with Crippen molar-refractivity contribution in [3.05, 3.63) is 34.6 Å². The van der Waals surface area contributed by atoms with Crippen molar-refractivity contribution in [3.8, 4) is 0 Å². The third-order valence-electron chi connectivity index (χ3n) is 5.41. The van der Waals surface area contributed by atoms with Crippen LogP contribution in [0.3, 0.4) is 0 Å². The SMILES string of the molecule is Cc1cc(CCC2CC(C(=O)O)C2)cc(F)c1[C@H]1CCC(=O)NC1=O. The number of aliphatic carboxylic acids is 1. The molecule has 1 aromatic rings. The molecule has 0 unspecified atom stereocenters. The van der Waals surface area contributed by atoms with E-state index in [2.05, 4.69) is 5.32 Å². The number of carboxylic acid groups (broad SMARTS) is 1. The van der Waals surface area contributed by atoms with Gasteiger partial charge >= 0.3 is 5.97 Å². The van der Waals surface area contributed by atoms with Crippen LogP contribution in [0.25, 0.3) is 0 Å². The fraction of sp³-hybridized carbons (Fsp3) is 0.526. The Balaban J connectivity index is 1.65. The minimum atomic E-state index is -0.730. The summed E-state index contributed by atoms with van der Waals surface area (Å²) in [7, 11) is 0. The third-order valence-corrected chi connectivity index (χ3v) is 5.41. The number of imide groups is 1. The molecule has 2 N–H and O–H groups in total. The van der Waals surface area contributed by atoms with Gasteiger partial charge in [-0.05, 0) is 62.1 Å². The molecule has 5 nitrogen and oxygen atoms in total. The summed E-state index contributed by atoms with van der Waals surface area (Å²) in [5.41, 5.74) is 1.97. The van der Waals surface area contributed by atoms with Crippen molar-refractivity contribution in [2.45, 2.75) is 51.4 Å². The molecule has 25 heavy (non-hydrogen) atoms. The zero-order valence-electron chi connectivity index (χ0n) is 14.2. The normalized spacial score (nSPS) is 26.1. The van der Waals surface area contributed by atoms with E-state index in [-0.39, 0.29) is 18.2 Å². The number of halogens is 1. The van der Waals surface area contributed by atoms with Gasteiger partial charge in [-0.3, -0.25) is 19.7 Å². The monoisotopic (exact) mass is 347 g/mol. The summed E-state index contributed by atoms with van der Waals surface area (Å²) in [6.45, 7) is 1.79. The van der Waals surface area contributed by atoms with Crippen LogP contribution in [0.1, 0.15) is 54.7 Å². The van der Waals surface area contributed by atoms with Crippen LogP contribution in [0.15, 0.2) is 12.1 Å². The van der Waals surface area contributed by atoms with E-state index in [1.165, 1.54) is 6.07 Å². The van der Waals surface area contributed by atoms with Crippen molar-refractivity contribution in [2.75, 3.05) is 0 Å². The van der Waals surface area contributed by atoms with Gasteiger partial charge in [0.1, 0.15) is 5.82 Å². The van der Waals surface area contributed by atoms with Gasteiger partial charge in [0.15, 0.2) is 0 Å². The average molecular weight is 347 g/mol. The Kier molecular flexibility index (Phi) is 4.88. The molecule has 0 radical (unpaired) electrons. The van der Waals surface area contributed by atoms with Crippen LogP contribution in [0.2, 0.25) is 0 Å². The van der Waals surface area contributed by atoms with Crippen molar-refractivity contribution < 1.29 is 23.9 Å². The van der Waals surface area contributed by atoms with Crippen LogP contribution in [-0.4, -0.2) is 22.9 Å². The molecule has 1 atom stereocenters. The molecular formula is C19H22FNO4. The lowest BCUT2D eigenvalue weighted by Crippen LogP contribution is -2.40. The van der Waals surface area contributed by atoms with E-state index < -0.39 is 23.6 Å². The maximum absolute atomic E-state index is 14.6. The number of rotatable bonds is 5. The third kappa shape index (κ3) is 3.72. The highest BCUT2D eigenvalue weighted by Crippen LogP contribution is 2.37. The first-order valence-corrected chi connectivity index (χ1v) is 8.70. The first kappa shape index (κ1) is 17.6. The smallest absolute Gasteiger partial charge is 0.306 e. The second-order valence-electron chi connectivity index (χ2n) is 7.22. The number of hydrogen-bond donors (Lipinski definition) is 2. The predicted molar refractivity (Wildman–Crippen MR) is 88.4 cm³/mol. The Bertz CT molecular complexity index is 701. The Morgan fingerprint density at radius 3 is 2.64 bits per heavy atom. The van der Waals surface area contributed by atoms with Gasteiger partial charge < -0.3 is 5.11 Å². The number of amides is 2. The molecule has 0 bridgehead atoms. The molecule has 1 aromatic carbocycles. The number of benzene rings is 1. The highest BCUT2D eigenvalue weighted by atomic mass is 19.1. The van der Waals surface area contributed by atoms with Gasteiger partial charge in [-0.1, -0.05) is 6.07 Å². The zero-order valence-corrected chi connectivity index (χ0v) is 14.2. The molecule has 1 saturated carbocycles. The number of carbonyl (C=O) groups excluding carboxylic acids is 2. The highest BCUT2D eigenvalue weighted by molar-refractivity contribution is 6.01. The summed E-state index contributed by atoms with van der Waals surface area (Å²) in [6, 6.07) is 3.37. The minimum absolute atomic E-state index is 0.224. The largest absolute Gasteiger partial charge is 0.481 e. The summed E-state index contributed by atoms with van der Waals surface area (Å²) in [5.74, 6) is -2.32. The molecule has 134 valence electrons. The van der Waals surface area contributed by atoms with E-state index in [0.717, 1.165) is 17.5 Å². The van der Waals surface area contributed by atoms with E-state index in [0.29, 0.717) is 37.2 Å². The maximum atomic E-state index is 14.6. The second kappa shape index (κ2) is 6.94. The molecule has 1 heterocycles. The molecule has 2 aliphatic rings. The molecule has 0 spiro atoms. The van der Waals surface area contributed by atoms with E-state index in [1.54, 1.807) is 6.92 Å². The first-order valence-electron chi connectivity index (χ1n) is 8.70. The molecule has 2 fully saturated rings. The molecule has 0 aromatic heterocycles. The predicted octanol–water partition coefficient (Wildman–Crippen LogP) is 2.70. The fourth-order valence-corrected chi connectivity index (χ4v) is 3.92. The summed E-state index contributed by atoms with van der Waals surface area (Å²) in [6.07, 6.45) is 3.50. The van der Waals surface area contributed by atoms with Gasteiger partial charge in [0.25, 0.3) is 0 Å². The quantitative estimate of drug-likeness (QED) is 0.802. The summed E-state index contributed by atoms with van der Waals surface area (Å²) in [5, 5.41) is 11.2. The fourth-order valence-electron chi connectivity index (χ4n) is 3.92. The van der Waals surface area contributed by atoms with Crippen molar-refractivity contribution >= 4 is 17.8 Å². The lowest BCUT2D eigenvalue weighted by Gasteiger charge is -2.32. The number of piperidine rings is 1. The Labute approximate surface area is 145 Å². The van der Waals surface area contributed by atoms with Crippen LogP contribution in [-0.2, 0) is 20.8 Å². The average Bonchev–Trinajstić information content (AvgIpc) is 2.46. The van der Waals surface area contributed by atoms with Gasteiger partial charge in [-0.2, -0.15) is 0 Å². The van der Waals surface area contributed by atoms with Gasteiger partial charge in [-0.15, -0.1) is 0 Å². The Morgan fingerprint density at radius 1 is 1.32 bits per heavy atom. The van der Waals surface area contributed by atoms with Gasteiger partial charge in [0.2, 0.25) is 11.8 Å².